The number of hydrogen-bond acceptors (Lipinski definition) is 3. The number of carbonyl (C=O) groups is 1. The molecule has 12 heavy (non-hydrogen) atoms. The summed E-state index contributed by atoms with van der Waals surface area (Å²) >= 11 is 0. The molecule has 0 saturated heterocycles. The second kappa shape index (κ2) is 3.19. The Balaban J connectivity index is 3.08. The van der Waals surface area contributed by atoms with Crippen LogP contribution in [0, 0.1) is 5.82 Å². The third-order valence-electron chi connectivity index (χ3n) is 1.31. The molecule has 0 bridgehead atoms. The first-order chi connectivity index (χ1) is 5.63. The SMILES string of the molecule is NNC(=O)c1cc(N)cc(F)c1. The van der Waals surface area contributed by atoms with Crippen LogP contribution in [-0.4, -0.2) is 5.91 Å². The lowest BCUT2D eigenvalue weighted by Gasteiger charge is -2.00. The summed E-state index contributed by atoms with van der Waals surface area (Å²) in [6.07, 6.45) is 0. The first-order valence-corrected chi connectivity index (χ1v) is 3.20. The topological polar surface area (TPSA) is 81.1 Å². The van der Waals surface area contributed by atoms with Crippen molar-refractivity contribution in [3.05, 3.63) is 29.6 Å². The van der Waals surface area contributed by atoms with Crippen molar-refractivity contribution < 1.29 is 9.18 Å². The summed E-state index contributed by atoms with van der Waals surface area (Å²) in [4.78, 5) is 10.9. The van der Waals surface area contributed by atoms with E-state index >= 15 is 0 Å². The number of rotatable bonds is 1. The van der Waals surface area contributed by atoms with Gasteiger partial charge in [-0.25, -0.2) is 10.2 Å². The van der Waals surface area contributed by atoms with Gasteiger partial charge in [0.15, 0.2) is 0 Å². The van der Waals surface area contributed by atoms with Crippen molar-refractivity contribution >= 4 is 11.6 Å². The van der Waals surface area contributed by atoms with Crippen molar-refractivity contribution in [3.63, 3.8) is 0 Å². The molecule has 0 aliphatic heterocycles. The van der Waals surface area contributed by atoms with Gasteiger partial charge in [0.25, 0.3) is 5.91 Å². The molecule has 1 amide bonds. The molecule has 5 N–H and O–H groups in total. The quantitative estimate of drug-likeness (QED) is 0.240. The Morgan fingerprint density at radius 2 is 2.08 bits per heavy atom. The molecule has 0 atom stereocenters. The van der Waals surface area contributed by atoms with Crippen LogP contribution in [0.25, 0.3) is 0 Å². The highest BCUT2D eigenvalue weighted by atomic mass is 19.1. The average molecular weight is 169 g/mol. The van der Waals surface area contributed by atoms with Crippen molar-refractivity contribution in [3.8, 4) is 0 Å². The lowest BCUT2D eigenvalue weighted by Crippen LogP contribution is -2.30. The minimum Gasteiger partial charge on any atom is -0.399 e. The van der Waals surface area contributed by atoms with Crippen LogP contribution in [-0.2, 0) is 0 Å². The van der Waals surface area contributed by atoms with E-state index in [1.54, 1.807) is 0 Å². The van der Waals surface area contributed by atoms with Crippen LogP contribution >= 0.6 is 0 Å². The number of amides is 1. The summed E-state index contributed by atoms with van der Waals surface area (Å²) in [7, 11) is 0. The Morgan fingerprint density at radius 3 is 2.58 bits per heavy atom. The zero-order valence-electron chi connectivity index (χ0n) is 6.17. The Labute approximate surface area is 68.3 Å². The number of halogens is 1. The Morgan fingerprint density at radius 1 is 1.42 bits per heavy atom. The lowest BCUT2D eigenvalue weighted by molar-refractivity contribution is 0.0953. The van der Waals surface area contributed by atoms with Crippen LogP contribution < -0.4 is 17.0 Å². The van der Waals surface area contributed by atoms with Crippen molar-refractivity contribution in [2.75, 3.05) is 5.73 Å². The molecule has 0 spiro atoms. The first-order valence-electron chi connectivity index (χ1n) is 3.20. The monoisotopic (exact) mass is 169 g/mol. The zero-order chi connectivity index (χ0) is 9.14. The van der Waals surface area contributed by atoms with Crippen molar-refractivity contribution in [1.29, 1.82) is 0 Å². The average Bonchev–Trinajstić information content (AvgIpc) is 2.01. The molecule has 1 aromatic rings. The number of carbonyl (C=O) groups excluding carboxylic acids is 1. The highest BCUT2D eigenvalue weighted by molar-refractivity contribution is 5.94. The van der Waals surface area contributed by atoms with E-state index in [9.17, 15) is 9.18 Å². The maximum absolute atomic E-state index is 12.6. The first kappa shape index (κ1) is 8.48. The zero-order valence-corrected chi connectivity index (χ0v) is 6.17. The third-order valence-corrected chi connectivity index (χ3v) is 1.31. The Hall–Kier alpha value is -1.62. The van der Waals surface area contributed by atoms with Crippen LogP contribution in [0.5, 0.6) is 0 Å². The van der Waals surface area contributed by atoms with Crippen LogP contribution in [0.3, 0.4) is 0 Å². The largest absolute Gasteiger partial charge is 0.399 e. The molecule has 4 nitrogen and oxygen atoms in total. The third kappa shape index (κ3) is 1.70. The Bertz CT molecular complexity index is 293. The second-order valence-electron chi connectivity index (χ2n) is 2.25. The molecular formula is C7H8FN3O. The van der Waals surface area contributed by atoms with Gasteiger partial charge < -0.3 is 5.73 Å². The summed E-state index contributed by atoms with van der Waals surface area (Å²) in [6.45, 7) is 0. The molecule has 0 fully saturated rings. The van der Waals surface area contributed by atoms with Gasteiger partial charge in [-0.15, -0.1) is 0 Å². The molecule has 0 aromatic heterocycles. The van der Waals surface area contributed by atoms with Gasteiger partial charge in [-0.05, 0) is 18.2 Å². The van der Waals surface area contributed by atoms with Gasteiger partial charge in [0.05, 0.1) is 0 Å². The molecule has 0 heterocycles. The highest BCUT2D eigenvalue weighted by Gasteiger charge is 2.05. The minimum absolute atomic E-state index is 0.106. The summed E-state index contributed by atoms with van der Waals surface area (Å²) in [5, 5.41) is 0. The molecule has 0 aliphatic carbocycles. The second-order valence-corrected chi connectivity index (χ2v) is 2.25. The molecule has 1 aromatic carbocycles. The molecule has 0 saturated carbocycles. The molecule has 0 radical (unpaired) electrons. The van der Waals surface area contributed by atoms with Crippen LogP contribution in [0.1, 0.15) is 10.4 Å². The summed E-state index contributed by atoms with van der Waals surface area (Å²) < 4.78 is 12.6. The van der Waals surface area contributed by atoms with Gasteiger partial charge in [0, 0.05) is 11.3 Å². The summed E-state index contributed by atoms with van der Waals surface area (Å²) in [5.74, 6) is 3.71. The van der Waals surface area contributed by atoms with Crippen molar-refractivity contribution in [2.45, 2.75) is 0 Å². The van der Waals surface area contributed by atoms with E-state index < -0.39 is 11.7 Å². The van der Waals surface area contributed by atoms with E-state index in [4.69, 9.17) is 11.6 Å². The van der Waals surface area contributed by atoms with E-state index in [1.165, 1.54) is 6.07 Å². The fourth-order valence-electron chi connectivity index (χ4n) is 0.827. The molecule has 64 valence electrons. The number of hydrogen-bond donors (Lipinski definition) is 3. The Kier molecular flexibility index (Phi) is 2.25. The van der Waals surface area contributed by atoms with E-state index in [1.807, 2.05) is 5.43 Å². The molecular weight excluding hydrogens is 161 g/mol. The smallest absolute Gasteiger partial charge is 0.265 e. The maximum Gasteiger partial charge on any atom is 0.265 e. The lowest BCUT2D eigenvalue weighted by atomic mass is 10.2. The minimum atomic E-state index is -0.568. The summed E-state index contributed by atoms with van der Waals surface area (Å²) in [5.41, 5.74) is 7.46. The van der Waals surface area contributed by atoms with Crippen LogP contribution in [0.4, 0.5) is 10.1 Å². The number of hydrazine groups is 1. The molecule has 0 unspecified atom stereocenters. The number of anilines is 1. The highest BCUT2D eigenvalue weighted by Crippen LogP contribution is 2.09. The van der Waals surface area contributed by atoms with Gasteiger partial charge in [0.1, 0.15) is 5.82 Å². The fraction of sp³-hybridized carbons (Fsp3) is 0. The molecule has 5 heteroatoms. The van der Waals surface area contributed by atoms with Crippen LogP contribution in [0.2, 0.25) is 0 Å². The van der Waals surface area contributed by atoms with Crippen molar-refractivity contribution in [2.24, 2.45) is 5.84 Å². The predicted octanol–water partition coefficient (Wildman–Crippen LogP) is 0.0114. The summed E-state index contributed by atoms with van der Waals surface area (Å²) in [6, 6.07) is 3.51. The standard InChI is InChI=1S/C7H8FN3O/c8-5-1-4(7(12)11-10)2-6(9)3-5/h1-3H,9-10H2,(H,11,12). The fourth-order valence-corrected chi connectivity index (χ4v) is 0.827. The van der Waals surface area contributed by atoms with E-state index in [2.05, 4.69) is 0 Å². The molecule has 0 aliphatic rings. The van der Waals surface area contributed by atoms with Gasteiger partial charge in [0.2, 0.25) is 0 Å². The number of nitrogens with two attached hydrogens (primary N) is 2. The van der Waals surface area contributed by atoms with E-state index in [0.29, 0.717) is 0 Å². The number of benzene rings is 1. The number of nitrogens with one attached hydrogen (secondary N) is 1. The van der Waals surface area contributed by atoms with Crippen molar-refractivity contribution in [1.82, 2.24) is 5.43 Å². The van der Waals surface area contributed by atoms with Gasteiger partial charge in [-0.1, -0.05) is 0 Å². The van der Waals surface area contributed by atoms with E-state index in [0.717, 1.165) is 12.1 Å². The molecule has 1 rings (SSSR count). The van der Waals surface area contributed by atoms with Gasteiger partial charge in [-0.3, -0.25) is 10.2 Å². The van der Waals surface area contributed by atoms with Gasteiger partial charge >= 0.3 is 0 Å². The maximum atomic E-state index is 12.6. The normalized spacial score (nSPS) is 9.50. The number of nitrogen functional groups attached to an aromatic ring is 2. The van der Waals surface area contributed by atoms with Crippen LogP contribution in [0.15, 0.2) is 18.2 Å². The predicted molar refractivity (Wildman–Crippen MR) is 42.5 cm³/mol. The van der Waals surface area contributed by atoms with Gasteiger partial charge in [-0.2, -0.15) is 0 Å². The van der Waals surface area contributed by atoms with E-state index in [-0.39, 0.29) is 11.3 Å².